The van der Waals surface area contributed by atoms with Crippen LogP contribution in [0, 0.1) is 5.82 Å². The summed E-state index contributed by atoms with van der Waals surface area (Å²) in [5.41, 5.74) is 4.30. The largest absolute Gasteiger partial charge is 1.00 e. The molecule has 1 aromatic heterocycles. The number of carboxylic acid groups (broad SMARTS) is 1. The Morgan fingerprint density at radius 2 is 1.78 bits per heavy atom. The molecule has 0 saturated carbocycles. The third-order valence-electron chi connectivity index (χ3n) is 5.52. The van der Waals surface area contributed by atoms with Gasteiger partial charge in [-0.25, -0.2) is 4.39 Å². The van der Waals surface area contributed by atoms with Gasteiger partial charge in [0, 0.05) is 31.2 Å². The van der Waals surface area contributed by atoms with Gasteiger partial charge >= 0.3 is 29.6 Å². The second kappa shape index (κ2) is 14.3. The molecule has 0 spiro atoms. The third kappa shape index (κ3) is 8.84. The maximum absolute atomic E-state index is 13.6. The van der Waals surface area contributed by atoms with Crippen molar-refractivity contribution in [2.45, 2.75) is 51.4 Å². The number of aliphatic hydroxyl groups excluding tert-OH is 2. The van der Waals surface area contributed by atoms with Gasteiger partial charge in [0.15, 0.2) is 0 Å². The number of hydrogen-bond acceptors (Lipinski definition) is 6. The van der Waals surface area contributed by atoms with E-state index in [1.807, 2.05) is 38.1 Å². The van der Waals surface area contributed by atoms with Crippen LogP contribution < -0.4 is 39.4 Å². The van der Waals surface area contributed by atoms with E-state index in [4.69, 9.17) is 4.74 Å². The van der Waals surface area contributed by atoms with Gasteiger partial charge in [-0.3, -0.25) is 4.98 Å². The van der Waals surface area contributed by atoms with E-state index in [1.54, 1.807) is 30.6 Å². The number of aromatic nitrogens is 1. The first-order chi connectivity index (χ1) is 16.7. The second-order valence-corrected chi connectivity index (χ2v) is 8.67. The van der Waals surface area contributed by atoms with Crippen molar-refractivity contribution in [1.29, 1.82) is 0 Å². The van der Waals surface area contributed by atoms with E-state index in [0.717, 1.165) is 27.8 Å². The SMILES string of the molecule is CC(C)c1cc(OCc2ccncc2)cc(-c2ccc(F)cc2)c1/C=C/C(O)CC(O)CC(=O)[O-].[Na+]. The van der Waals surface area contributed by atoms with Crippen LogP contribution >= 0.6 is 0 Å². The fraction of sp³-hybridized carbons (Fsp3) is 0.286. The van der Waals surface area contributed by atoms with Crippen LogP contribution in [0.5, 0.6) is 5.75 Å². The predicted molar refractivity (Wildman–Crippen MR) is 130 cm³/mol. The van der Waals surface area contributed by atoms with Crippen LogP contribution in [0.4, 0.5) is 4.39 Å². The molecule has 6 nitrogen and oxygen atoms in total. The van der Waals surface area contributed by atoms with Crippen LogP contribution in [-0.2, 0) is 11.4 Å². The summed E-state index contributed by atoms with van der Waals surface area (Å²) in [5.74, 6) is -0.986. The Hall–Kier alpha value is -2.55. The van der Waals surface area contributed by atoms with Gasteiger partial charge < -0.3 is 24.9 Å². The summed E-state index contributed by atoms with van der Waals surface area (Å²) in [7, 11) is 0. The fourth-order valence-electron chi connectivity index (χ4n) is 3.75. The van der Waals surface area contributed by atoms with Gasteiger partial charge in [-0.05, 0) is 70.1 Å². The molecule has 0 fully saturated rings. The molecule has 1 heterocycles. The maximum Gasteiger partial charge on any atom is 1.00 e. The molecule has 3 rings (SSSR count). The van der Waals surface area contributed by atoms with E-state index < -0.39 is 24.6 Å². The van der Waals surface area contributed by atoms with E-state index in [1.165, 1.54) is 18.2 Å². The van der Waals surface area contributed by atoms with Gasteiger partial charge in [-0.15, -0.1) is 0 Å². The van der Waals surface area contributed by atoms with Gasteiger partial charge in [0.25, 0.3) is 0 Å². The van der Waals surface area contributed by atoms with Crippen molar-refractivity contribution in [3.63, 3.8) is 0 Å². The quantitative estimate of drug-likeness (QED) is 0.378. The van der Waals surface area contributed by atoms with Crippen molar-refractivity contribution in [3.8, 4) is 16.9 Å². The zero-order valence-electron chi connectivity index (χ0n) is 20.7. The molecule has 0 amide bonds. The minimum atomic E-state index is -1.38. The van der Waals surface area contributed by atoms with Gasteiger partial charge in [-0.1, -0.05) is 38.1 Å². The monoisotopic (exact) mass is 501 g/mol. The van der Waals surface area contributed by atoms with E-state index in [0.29, 0.717) is 12.4 Å². The molecule has 0 aliphatic heterocycles. The standard InChI is InChI=1S/C28H30FNO5.Na/c1-18(2)26-15-24(35-17-19-9-11-30-12-10-19)16-27(20-3-5-21(29)6-4-20)25(26)8-7-22(31)13-23(32)14-28(33)34;/h3-12,15-16,18,22-23,31-32H,13-14,17H2,1-2H3,(H,33,34);/q;+1/p-1/b8-7+;. The molecule has 2 unspecified atom stereocenters. The van der Waals surface area contributed by atoms with Crippen molar-refractivity contribution < 1.29 is 58.8 Å². The molecular formula is C28H29FNNaO5. The van der Waals surface area contributed by atoms with Crippen molar-refractivity contribution in [1.82, 2.24) is 4.98 Å². The van der Waals surface area contributed by atoms with E-state index >= 15 is 0 Å². The summed E-state index contributed by atoms with van der Waals surface area (Å²) in [6, 6.07) is 13.7. The number of carbonyl (C=O) groups is 1. The summed E-state index contributed by atoms with van der Waals surface area (Å²) >= 11 is 0. The second-order valence-electron chi connectivity index (χ2n) is 8.67. The third-order valence-corrected chi connectivity index (χ3v) is 5.52. The van der Waals surface area contributed by atoms with Gasteiger partial charge in [0.05, 0.1) is 12.2 Å². The number of benzene rings is 2. The normalized spacial score (nSPS) is 12.8. The van der Waals surface area contributed by atoms with Crippen LogP contribution in [0.1, 0.15) is 49.3 Å². The summed E-state index contributed by atoms with van der Waals surface area (Å²) in [6.07, 6.45) is 3.70. The van der Waals surface area contributed by atoms with Gasteiger partial charge in [0.2, 0.25) is 0 Å². The average molecular weight is 502 g/mol. The molecule has 2 aromatic carbocycles. The first-order valence-electron chi connectivity index (χ1n) is 11.4. The Morgan fingerprint density at radius 1 is 1.11 bits per heavy atom. The number of hydrogen-bond donors (Lipinski definition) is 2. The molecule has 3 aromatic rings. The molecule has 184 valence electrons. The number of halogens is 1. The molecule has 36 heavy (non-hydrogen) atoms. The molecule has 8 heteroatoms. The number of pyridine rings is 1. The van der Waals surface area contributed by atoms with Crippen molar-refractivity contribution >= 4 is 12.0 Å². The molecule has 2 atom stereocenters. The number of rotatable bonds is 11. The Morgan fingerprint density at radius 3 is 2.39 bits per heavy atom. The van der Waals surface area contributed by atoms with E-state index in [-0.39, 0.29) is 47.7 Å². The van der Waals surface area contributed by atoms with E-state index in [9.17, 15) is 24.5 Å². The Labute approximate surface area is 232 Å². The van der Waals surface area contributed by atoms with Crippen molar-refractivity contribution in [2.24, 2.45) is 0 Å². The van der Waals surface area contributed by atoms with Crippen LogP contribution in [0.15, 0.2) is 67.0 Å². The maximum atomic E-state index is 13.6. The molecule has 0 aliphatic rings. The summed E-state index contributed by atoms with van der Waals surface area (Å²) in [5, 5.41) is 30.8. The molecule has 0 aliphatic carbocycles. The van der Waals surface area contributed by atoms with Crippen LogP contribution in [-0.4, -0.2) is 33.4 Å². The number of carboxylic acids is 1. The molecule has 0 bridgehead atoms. The smallest absolute Gasteiger partial charge is 0.550 e. The minimum absolute atomic E-state index is 0. The number of ether oxygens (including phenoxy) is 1. The average Bonchev–Trinajstić information content (AvgIpc) is 2.81. The number of nitrogens with zero attached hydrogens (tertiary/aromatic N) is 1. The van der Waals surface area contributed by atoms with Crippen LogP contribution in [0.2, 0.25) is 0 Å². The minimum Gasteiger partial charge on any atom is -0.550 e. The fourth-order valence-corrected chi connectivity index (χ4v) is 3.75. The Kier molecular flexibility index (Phi) is 11.8. The topological polar surface area (TPSA) is 103 Å². The first kappa shape index (κ1) is 29.7. The zero-order chi connectivity index (χ0) is 25.4. The zero-order valence-corrected chi connectivity index (χ0v) is 22.7. The Balaban J connectivity index is 0.00000456. The summed E-state index contributed by atoms with van der Waals surface area (Å²) in [4.78, 5) is 14.7. The Bertz CT molecular complexity index is 1150. The number of carbonyl (C=O) groups excluding carboxylic acids is 1. The summed E-state index contributed by atoms with van der Waals surface area (Å²) < 4.78 is 19.7. The number of aliphatic carboxylic acids is 1. The molecule has 2 N–H and O–H groups in total. The first-order valence-corrected chi connectivity index (χ1v) is 11.4. The van der Waals surface area contributed by atoms with Gasteiger partial charge in [-0.2, -0.15) is 0 Å². The van der Waals surface area contributed by atoms with Crippen molar-refractivity contribution in [2.75, 3.05) is 0 Å². The van der Waals surface area contributed by atoms with Crippen LogP contribution in [0.3, 0.4) is 0 Å². The molecule has 0 radical (unpaired) electrons. The van der Waals surface area contributed by atoms with Gasteiger partial charge in [0.1, 0.15) is 18.2 Å². The molecule has 0 saturated heterocycles. The van der Waals surface area contributed by atoms with Crippen LogP contribution in [0.25, 0.3) is 17.2 Å². The predicted octanol–water partition coefficient (Wildman–Crippen LogP) is 0.859. The summed E-state index contributed by atoms with van der Waals surface area (Å²) in [6.45, 7) is 4.43. The number of aliphatic hydroxyl groups is 2. The molecular weight excluding hydrogens is 472 g/mol. The van der Waals surface area contributed by atoms with E-state index in [2.05, 4.69) is 4.98 Å². The van der Waals surface area contributed by atoms with Crippen molar-refractivity contribution in [3.05, 3.63) is 89.5 Å².